The zero-order valence-corrected chi connectivity index (χ0v) is 15.8. The monoisotopic (exact) mass is 346 g/mol. The Morgan fingerprint density at radius 3 is 2.76 bits per heavy atom. The molecule has 1 amide bonds. The predicted molar refractivity (Wildman–Crippen MR) is 97.8 cm³/mol. The molecule has 2 aliphatic rings. The first-order valence-electron chi connectivity index (χ1n) is 9.25. The van der Waals surface area contributed by atoms with Crippen LogP contribution in [0.4, 0.5) is 0 Å². The first-order valence-corrected chi connectivity index (χ1v) is 9.25. The van der Waals surface area contributed by atoms with E-state index in [-0.39, 0.29) is 5.91 Å². The van der Waals surface area contributed by atoms with Crippen LogP contribution in [-0.4, -0.2) is 60.5 Å². The molecule has 1 fully saturated rings. The number of carbonyl (C=O) groups excluding carboxylic acids is 1. The van der Waals surface area contributed by atoms with Crippen LogP contribution in [0.15, 0.2) is 6.07 Å². The molecule has 0 saturated heterocycles. The maximum absolute atomic E-state index is 12.8. The number of carbonyl (C=O) groups is 1. The number of nitrogens with one attached hydrogen (secondary N) is 1. The highest BCUT2D eigenvalue weighted by molar-refractivity contribution is 5.98. The van der Waals surface area contributed by atoms with E-state index in [0.717, 1.165) is 36.2 Å². The van der Waals surface area contributed by atoms with Crippen LogP contribution in [0, 0.1) is 0 Å². The Bertz CT molecular complexity index is 626. The summed E-state index contributed by atoms with van der Waals surface area (Å²) in [4.78, 5) is 21.6. The largest absolute Gasteiger partial charge is 0.481 e. The van der Waals surface area contributed by atoms with E-state index in [2.05, 4.69) is 36.2 Å². The number of hydrogen-bond donors (Lipinski definition) is 1. The van der Waals surface area contributed by atoms with Crippen molar-refractivity contribution in [1.29, 1.82) is 0 Å². The number of amides is 1. The molecule has 6 heteroatoms. The summed E-state index contributed by atoms with van der Waals surface area (Å²) in [5, 5.41) is 3.49. The fourth-order valence-corrected chi connectivity index (χ4v) is 3.98. The highest BCUT2D eigenvalue weighted by atomic mass is 16.5. The molecule has 6 nitrogen and oxygen atoms in total. The number of hydrogen-bond acceptors (Lipinski definition) is 5. The Morgan fingerprint density at radius 1 is 1.40 bits per heavy atom. The third kappa shape index (κ3) is 3.96. The Morgan fingerprint density at radius 2 is 2.12 bits per heavy atom. The van der Waals surface area contributed by atoms with Crippen molar-refractivity contribution in [2.45, 2.75) is 57.8 Å². The molecule has 1 aliphatic carbocycles. The number of methoxy groups -OCH3 is 1. The molecule has 0 aromatic carbocycles. The van der Waals surface area contributed by atoms with E-state index in [4.69, 9.17) is 4.74 Å². The van der Waals surface area contributed by atoms with Crippen molar-refractivity contribution in [2.24, 2.45) is 0 Å². The van der Waals surface area contributed by atoms with Crippen molar-refractivity contribution in [3.05, 3.63) is 22.9 Å². The highest BCUT2D eigenvalue weighted by Crippen LogP contribution is 2.33. The summed E-state index contributed by atoms with van der Waals surface area (Å²) in [6.07, 6.45) is 4.68. The van der Waals surface area contributed by atoms with Crippen LogP contribution < -0.4 is 10.1 Å². The van der Waals surface area contributed by atoms with Crippen molar-refractivity contribution < 1.29 is 9.53 Å². The number of aromatic nitrogens is 1. The average Bonchev–Trinajstić information content (AvgIpc) is 3.20. The Labute approximate surface area is 150 Å². The molecule has 1 aromatic rings. The zero-order valence-electron chi connectivity index (χ0n) is 15.8. The molecule has 1 N–H and O–H groups in total. The summed E-state index contributed by atoms with van der Waals surface area (Å²) in [5.41, 5.74) is 2.57. The van der Waals surface area contributed by atoms with Crippen LogP contribution in [0.2, 0.25) is 0 Å². The summed E-state index contributed by atoms with van der Waals surface area (Å²) in [7, 11) is 5.77. The van der Waals surface area contributed by atoms with Crippen molar-refractivity contribution in [1.82, 2.24) is 20.1 Å². The van der Waals surface area contributed by atoms with Gasteiger partial charge in [0, 0.05) is 30.7 Å². The maximum atomic E-state index is 12.8. The molecule has 0 bridgehead atoms. The first-order chi connectivity index (χ1) is 12.0. The van der Waals surface area contributed by atoms with Crippen LogP contribution in [0.5, 0.6) is 5.88 Å². The number of rotatable bonds is 7. The third-order valence-corrected chi connectivity index (χ3v) is 5.19. The van der Waals surface area contributed by atoms with Crippen LogP contribution in [-0.2, 0) is 13.1 Å². The Kier molecular flexibility index (Phi) is 5.59. The van der Waals surface area contributed by atoms with E-state index < -0.39 is 0 Å². The molecule has 1 saturated carbocycles. The second kappa shape index (κ2) is 7.70. The third-order valence-electron chi connectivity index (χ3n) is 5.19. The van der Waals surface area contributed by atoms with E-state index in [1.54, 1.807) is 7.11 Å². The lowest BCUT2D eigenvalue weighted by atomic mass is 10.1. The van der Waals surface area contributed by atoms with Crippen molar-refractivity contribution >= 4 is 5.91 Å². The number of pyridine rings is 1. The quantitative estimate of drug-likeness (QED) is 0.819. The number of likely N-dealkylation sites (N-methyl/N-ethyl adjacent to an activating group) is 1. The molecule has 0 spiro atoms. The summed E-state index contributed by atoms with van der Waals surface area (Å²) < 4.78 is 5.49. The molecule has 0 unspecified atom stereocenters. The van der Waals surface area contributed by atoms with Crippen LogP contribution in [0.3, 0.4) is 0 Å². The molecular weight excluding hydrogens is 316 g/mol. The Hall–Kier alpha value is -1.66. The predicted octanol–water partition coefficient (Wildman–Crippen LogP) is 2.03. The van der Waals surface area contributed by atoms with Crippen LogP contribution >= 0.6 is 0 Å². The van der Waals surface area contributed by atoms with Gasteiger partial charge in [-0.1, -0.05) is 12.8 Å². The minimum atomic E-state index is 0.139. The molecule has 1 aromatic heterocycles. The van der Waals surface area contributed by atoms with Gasteiger partial charge in [0.1, 0.15) is 0 Å². The van der Waals surface area contributed by atoms with E-state index in [0.29, 0.717) is 31.1 Å². The minimum Gasteiger partial charge on any atom is -0.481 e. The smallest absolute Gasteiger partial charge is 0.256 e. The van der Waals surface area contributed by atoms with Gasteiger partial charge in [0.05, 0.1) is 24.9 Å². The van der Waals surface area contributed by atoms with E-state index in [9.17, 15) is 4.79 Å². The zero-order chi connectivity index (χ0) is 18.0. The highest BCUT2D eigenvalue weighted by Gasteiger charge is 2.35. The molecular formula is C19H30N4O2. The minimum absolute atomic E-state index is 0.139. The van der Waals surface area contributed by atoms with Gasteiger partial charge < -0.3 is 19.9 Å². The summed E-state index contributed by atoms with van der Waals surface area (Å²) in [5.74, 6) is 0.768. The lowest BCUT2D eigenvalue weighted by Crippen LogP contribution is -2.35. The lowest BCUT2D eigenvalue weighted by Gasteiger charge is -2.22. The second-order valence-corrected chi connectivity index (χ2v) is 7.57. The van der Waals surface area contributed by atoms with Crippen LogP contribution in [0.1, 0.15) is 54.2 Å². The van der Waals surface area contributed by atoms with Gasteiger partial charge in [0.25, 0.3) is 5.91 Å². The summed E-state index contributed by atoms with van der Waals surface area (Å²) >= 11 is 0. The molecule has 138 valence electrons. The van der Waals surface area contributed by atoms with E-state index >= 15 is 0 Å². The second-order valence-electron chi connectivity index (χ2n) is 7.57. The van der Waals surface area contributed by atoms with E-state index in [1.165, 1.54) is 12.8 Å². The standard InChI is InChI=1S/C19H30N4O2/c1-13(11-22(2)3)20-10-14-9-16-17(21-18(14)25-4)12-23(19(16)24)15-7-5-6-8-15/h9,13,15,20H,5-8,10-12H2,1-4H3/t13-/m0/s1. The molecule has 2 heterocycles. The van der Waals surface area contributed by atoms with E-state index in [1.807, 2.05) is 11.0 Å². The molecule has 1 aliphatic heterocycles. The van der Waals surface area contributed by atoms with Crippen molar-refractivity contribution in [3.8, 4) is 5.88 Å². The SMILES string of the molecule is COc1nc2c(cc1CN[C@@H](C)CN(C)C)C(=O)N(C1CCCC1)C2. The van der Waals surface area contributed by atoms with Crippen molar-refractivity contribution in [3.63, 3.8) is 0 Å². The molecule has 1 atom stereocenters. The van der Waals surface area contributed by atoms with Crippen LogP contribution in [0.25, 0.3) is 0 Å². The lowest BCUT2D eigenvalue weighted by molar-refractivity contribution is 0.0706. The van der Waals surface area contributed by atoms with Gasteiger partial charge in [0.2, 0.25) is 5.88 Å². The molecule has 3 rings (SSSR count). The van der Waals surface area contributed by atoms with Gasteiger partial charge >= 0.3 is 0 Å². The average molecular weight is 346 g/mol. The van der Waals surface area contributed by atoms with Gasteiger partial charge in [-0.05, 0) is 39.9 Å². The number of ether oxygens (including phenoxy) is 1. The summed E-state index contributed by atoms with van der Waals surface area (Å²) in [6, 6.07) is 2.71. The normalized spacial score (nSPS) is 18.9. The Balaban J connectivity index is 1.75. The number of nitrogens with zero attached hydrogens (tertiary/aromatic N) is 3. The van der Waals surface area contributed by atoms with Gasteiger partial charge in [-0.15, -0.1) is 0 Å². The fraction of sp³-hybridized carbons (Fsp3) is 0.684. The van der Waals surface area contributed by atoms with Gasteiger partial charge in [0.15, 0.2) is 0 Å². The van der Waals surface area contributed by atoms with Crippen molar-refractivity contribution in [2.75, 3.05) is 27.7 Å². The maximum Gasteiger partial charge on any atom is 0.256 e. The first kappa shape index (κ1) is 18.1. The van der Waals surface area contributed by atoms with Gasteiger partial charge in [-0.2, -0.15) is 0 Å². The van der Waals surface area contributed by atoms with Gasteiger partial charge in [-0.25, -0.2) is 4.98 Å². The summed E-state index contributed by atoms with van der Waals surface area (Å²) in [6.45, 7) is 4.38. The van der Waals surface area contributed by atoms with Gasteiger partial charge in [-0.3, -0.25) is 4.79 Å². The fourth-order valence-electron chi connectivity index (χ4n) is 3.98. The molecule has 25 heavy (non-hydrogen) atoms. The topological polar surface area (TPSA) is 57.7 Å². The number of fused-ring (bicyclic) bond motifs is 1. The molecule has 0 radical (unpaired) electrons.